The summed E-state index contributed by atoms with van der Waals surface area (Å²) >= 11 is 0. The smallest absolute Gasteiger partial charge is 0.120 e. The molecule has 0 bridgehead atoms. The molecule has 0 radical (unpaired) electrons. The molecule has 15 heavy (non-hydrogen) atoms. The maximum absolute atomic E-state index is 9.50. The van der Waals surface area contributed by atoms with E-state index in [1.807, 2.05) is 6.92 Å². The SMILES string of the molecule is C=C(C)C[C@@H](N)c1cc(O)ccc1O.Cl. The molecule has 1 aromatic carbocycles. The maximum Gasteiger partial charge on any atom is 0.120 e. The predicted octanol–water partition coefficient (Wildman–Crippen LogP) is 2.49. The first-order valence-electron chi connectivity index (χ1n) is 4.42. The summed E-state index contributed by atoms with van der Waals surface area (Å²) in [5, 5.41) is 18.7. The Hall–Kier alpha value is -1.19. The van der Waals surface area contributed by atoms with Crippen molar-refractivity contribution in [3.8, 4) is 11.5 Å². The van der Waals surface area contributed by atoms with Crippen molar-refractivity contribution >= 4 is 12.4 Å². The number of rotatable bonds is 3. The van der Waals surface area contributed by atoms with Crippen LogP contribution in [0.1, 0.15) is 24.9 Å². The first-order chi connectivity index (χ1) is 6.50. The highest BCUT2D eigenvalue weighted by atomic mass is 35.5. The average molecular weight is 230 g/mol. The highest BCUT2D eigenvalue weighted by Crippen LogP contribution is 2.29. The molecule has 0 amide bonds. The highest BCUT2D eigenvalue weighted by Gasteiger charge is 2.11. The van der Waals surface area contributed by atoms with E-state index in [9.17, 15) is 10.2 Å². The molecule has 84 valence electrons. The molecule has 1 rings (SSSR count). The van der Waals surface area contributed by atoms with Crippen LogP contribution in [0, 0.1) is 0 Å². The van der Waals surface area contributed by atoms with E-state index in [1.165, 1.54) is 18.2 Å². The minimum atomic E-state index is -0.320. The fourth-order valence-electron chi connectivity index (χ4n) is 1.32. The summed E-state index contributed by atoms with van der Waals surface area (Å²) in [6, 6.07) is 4.01. The van der Waals surface area contributed by atoms with Crippen LogP contribution < -0.4 is 5.73 Å². The lowest BCUT2D eigenvalue weighted by molar-refractivity contribution is 0.448. The van der Waals surface area contributed by atoms with Crippen LogP contribution in [0.5, 0.6) is 11.5 Å². The van der Waals surface area contributed by atoms with Gasteiger partial charge in [0.1, 0.15) is 11.5 Å². The minimum absolute atomic E-state index is 0. The second-order valence-electron chi connectivity index (χ2n) is 3.51. The number of nitrogens with two attached hydrogens (primary N) is 1. The van der Waals surface area contributed by atoms with Gasteiger partial charge >= 0.3 is 0 Å². The number of phenolic OH excluding ortho intramolecular Hbond substituents is 2. The Labute approximate surface area is 95.6 Å². The fourth-order valence-corrected chi connectivity index (χ4v) is 1.32. The molecule has 0 fully saturated rings. The van der Waals surface area contributed by atoms with Gasteiger partial charge in [0.2, 0.25) is 0 Å². The molecule has 0 aliphatic carbocycles. The summed E-state index contributed by atoms with van der Waals surface area (Å²) in [6.07, 6.45) is 0.594. The second-order valence-corrected chi connectivity index (χ2v) is 3.51. The quantitative estimate of drug-likeness (QED) is 0.551. The standard InChI is InChI=1S/C11H15NO2.ClH/c1-7(2)5-10(12)9-6-8(13)3-4-11(9)14;/h3-4,6,10,13-14H,1,5,12H2,2H3;1H/t10-;/m1./s1. The number of hydrogen-bond acceptors (Lipinski definition) is 3. The van der Waals surface area contributed by atoms with E-state index in [2.05, 4.69) is 6.58 Å². The van der Waals surface area contributed by atoms with Crippen molar-refractivity contribution in [3.05, 3.63) is 35.9 Å². The summed E-state index contributed by atoms with van der Waals surface area (Å²) in [5.74, 6) is 0.214. The molecule has 4 N–H and O–H groups in total. The lowest BCUT2D eigenvalue weighted by Gasteiger charge is -2.13. The summed E-state index contributed by atoms with van der Waals surface area (Å²) in [6.45, 7) is 5.62. The first-order valence-corrected chi connectivity index (χ1v) is 4.42. The number of aromatic hydroxyl groups is 2. The van der Waals surface area contributed by atoms with E-state index in [1.54, 1.807) is 0 Å². The minimum Gasteiger partial charge on any atom is -0.508 e. The molecular weight excluding hydrogens is 214 g/mol. The van der Waals surface area contributed by atoms with E-state index in [-0.39, 0.29) is 29.9 Å². The van der Waals surface area contributed by atoms with Crippen LogP contribution in [0.2, 0.25) is 0 Å². The number of phenols is 2. The zero-order chi connectivity index (χ0) is 10.7. The van der Waals surface area contributed by atoms with Crippen LogP contribution in [0.4, 0.5) is 0 Å². The van der Waals surface area contributed by atoms with Crippen LogP contribution in [0.25, 0.3) is 0 Å². The predicted molar refractivity (Wildman–Crippen MR) is 63.4 cm³/mol. The van der Waals surface area contributed by atoms with Gasteiger partial charge in [-0.25, -0.2) is 0 Å². The normalized spacial score (nSPS) is 11.6. The zero-order valence-corrected chi connectivity index (χ0v) is 9.42. The molecular formula is C11H16ClNO2. The van der Waals surface area contributed by atoms with Gasteiger partial charge in [-0.3, -0.25) is 0 Å². The average Bonchev–Trinajstić information content (AvgIpc) is 2.08. The Balaban J connectivity index is 0.00000196. The molecule has 1 atom stereocenters. The molecule has 0 aliphatic heterocycles. The molecule has 0 unspecified atom stereocenters. The van der Waals surface area contributed by atoms with Crippen molar-refractivity contribution in [1.82, 2.24) is 0 Å². The molecule has 0 saturated heterocycles. The van der Waals surface area contributed by atoms with Crippen LogP contribution in [-0.2, 0) is 0 Å². The number of benzene rings is 1. The van der Waals surface area contributed by atoms with Crippen LogP contribution in [0.3, 0.4) is 0 Å². The van der Waals surface area contributed by atoms with E-state index in [0.717, 1.165) is 5.57 Å². The Bertz CT molecular complexity index is 352. The largest absolute Gasteiger partial charge is 0.508 e. The summed E-state index contributed by atoms with van der Waals surface area (Å²) in [7, 11) is 0. The van der Waals surface area contributed by atoms with Gasteiger partial charge in [-0.05, 0) is 31.5 Å². The first kappa shape index (κ1) is 13.8. The van der Waals surface area contributed by atoms with Gasteiger partial charge in [0.05, 0.1) is 0 Å². The van der Waals surface area contributed by atoms with Gasteiger partial charge in [-0.1, -0.05) is 5.57 Å². The van der Waals surface area contributed by atoms with Crippen molar-refractivity contribution in [3.63, 3.8) is 0 Å². The molecule has 3 nitrogen and oxygen atoms in total. The van der Waals surface area contributed by atoms with Crippen LogP contribution >= 0.6 is 12.4 Å². The van der Waals surface area contributed by atoms with E-state index >= 15 is 0 Å². The molecule has 4 heteroatoms. The van der Waals surface area contributed by atoms with Gasteiger partial charge in [-0.15, -0.1) is 19.0 Å². The topological polar surface area (TPSA) is 66.5 Å². The Morgan fingerprint density at radius 1 is 1.47 bits per heavy atom. The van der Waals surface area contributed by atoms with E-state index in [0.29, 0.717) is 12.0 Å². The molecule has 0 spiro atoms. The lowest BCUT2D eigenvalue weighted by Crippen LogP contribution is -2.10. The summed E-state index contributed by atoms with van der Waals surface area (Å²) in [5.41, 5.74) is 7.33. The maximum atomic E-state index is 9.50. The van der Waals surface area contributed by atoms with E-state index < -0.39 is 0 Å². The van der Waals surface area contributed by atoms with Gasteiger partial charge < -0.3 is 15.9 Å². The zero-order valence-electron chi connectivity index (χ0n) is 8.60. The van der Waals surface area contributed by atoms with Gasteiger partial charge in [-0.2, -0.15) is 0 Å². The summed E-state index contributed by atoms with van der Waals surface area (Å²) in [4.78, 5) is 0. The van der Waals surface area contributed by atoms with E-state index in [4.69, 9.17) is 5.73 Å². The molecule has 0 saturated carbocycles. The van der Waals surface area contributed by atoms with Crippen molar-refractivity contribution < 1.29 is 10.2 Å². The van der Waals surface area contributed by atoms with Gasteiger partial charge in [0.15, 0.2) is 0 Å². The van der Waals surface area contributed by atoms with Gasteiger partial charge in [0, 0.05) is 11.6 Å². The molecule has 0 aromatic heterocycles. The monoisotopic (exact) mass is 229 g/mol. The fraction of sp³-hybridized carbons (Fsp3) is 0.273. The third kappa shape index (κ3) is 3.81. The highest BCUT2D eigenvalue weighted by molar-refractivity contribution is 5.85. The molecule has 1 aromatic rings. The van der Waals surface area contributed by atoms with Crippen LogP contribution in [0.15, 0.2) is 30.4 Å². The second kappa shape index (κ2) is 5.63. The van der Waals surface area contributed by atoms with Gasteiger partial charge in [0.25, 0.3) is 0 Å². The van der Waals surface area contributed by atoms with Crippen molar-refractivity contribution in [2.45, 2.75) is 19.4 Å². The molecule has 0 aliphatic rings. The number of halogens is 1. The third-order valence-electron chi connectivity index (χ3n) is 1.98. The Morgan fingerprint density at radius 3 is 2.60 bits per heavy atom. The third-order valence-corrected chi connectivity index (χ3v) is 1.98. The molecule has 0 heterocycles. The number of hydrogen-bond donors (Lipinski definition) is 3. The van der Waals surface area contributed by atoms with Crippen molar-refractivity contribution in [2.75, 3.05) is 0 Å². The Morgan fingerprint density at radius 2 is 2.07 bits per heavy atom. The van der Waals surface area contributed by atoms with Crippen LogP contribution in [-0.4, -0.2) is 10.2 Å². The van der Waals surface area contributed by atoms with Crippen molar-refractivity contribution in [2.24, 2.45) is 5.73 Å². The summed E-state index contributed by atoms with van der Waals surface area (Å²) < 4.78 is 0. The Kier molecular flexibility index (Phi) is 5.19. The lowest BCUT2D eigenvalue weighted by atomic mass is 10.0. The van der Waals surface area contributed by atoms with Crippen molar-refractivity contribution in [1.29, 1.82) is 0 Å².